The van der Waals surface area contributed by atoms with Gasteiger partial charge in [-0.05, 0) is 24.3 Å². The zero-order valence-electron chi connectivity index (χ0n) is 15.7. The first kappa shape index (κ1) is 19.9. The van der Waals surface area contributed by atoms with E-state index in [1.165, 1.54) is 0 Å². The smallest absolute Gasteiger partial charge is 0.274 e. The van der Waals surface area contributed by atoms with Crippen molar-refractivity contribution in [3.63, 3.8) is 0 Å². The fourth-order valence-corrected chi connectivity index (χ4v) is 3.24. The summed E-state index contributed by atoms with van der Waals surface area (Å²) in [6, 6.07) is 9.24. The number of benzene rings is 1. The topological polar surface area (TPSA) is 81.0 Å². The summed E-state index contributed by atoms with van der Waals surface area (Å²) >= 11 is 0. The summed E-state index contributed by atoms with van der Waals surface area (Å²) in [6.45, 7) is 2.97. The molecule has 3 heterocycles. The van der Waals surface area contributed by atoms with E-state index in [0.717, 1.165) is 24.3 Å². The SMILES string of the molecule is COc1ccc(-c2ccnc3cc(C(=O)N4CCNCC4)nn23)cc1OC.Cl. The number of rotatable bonds is 4. The number of nitrogens with zero attached hydrogens (tertiary/aromatic N) is 4. The standard InChI is InChI=1S/C19H21N5O3.ClH/c1-26-16-4-3-13(11-17(16)27-2)15-5-6-21-18-12-14(22-24(15)18)19(25)23-9-7-20-8-10-23;/h3-6,11-12,20H,7-10H2,1-2H3;1H. The highest BCUT2D eigenvalue weighted by Gasteiger charge is 2.21. The lowest BCUT2D eigenvalue weighted by Gasteiger charge is -2.26. The third kappa shape index (κ3) is 3.61. The highest BCUT2D eigenvalue weighted by Crippen LogP contribution is 2.32. The fourth-order valence-electron chi connectivity index (χ4n) is 3.24. The van der Waals surface area contributed by atoms with Crippen LogP contribution in [0.4, 0.5) is 0 Å². The molecule has 0 spiro atoms. The molecule has 1 aliphatic heterocycles. The Morgan fingerprint density at radius 3 is 2.54 bits per heavy atom. The van der Waals surface area contributed by atoms with Gasteiger partial charge in [-0.15, -0.1) is 12.4 Å². The quantitative estimate of drug-likeness (QED) is 0.716. The molecule has 1 saturated heterocycles. The van der Waals surface area contributed by atoms with Gasteiger partial charge in [-0.25, -0.2) is 9.50 Å². The van der Waals surface area contributed by atoms with E-state index in [2.05, 4.69) is 15.4 Å². The molecule has 1 amide bonds. The number of methoxy groups -OCH3 is 2. The van der Waals surface area contributed by atoms with Crippen molar-refractivity contribution >= 4 is 24.0 Å². The molecule has 0 radical (unpaired) electrons. The van der Waals surface area contributed by atoms with Crippen LogP contribution in [-0.4, -0.2) is 65.8 Å². The van der Waals surface area contributed by atoms with E-state index >= 15 is 0 Å². The van der Waals surface area contributed by atoms with E-state index in [4.69, 9.17) is 9.47 Å². The van der Waals surface area contributed by atoms with Gasteiger partial charge in [0.1, 0.15) is 0 Å². The van der Waals surface area contributed by atoms with Crippen LogP contribution in [0.15, 0.2) is 36.5 Å². The first-order valence-electron chi connectivity index (χ1n) is 8.78. The highest BCUT2D eigenvalue weighted by molar-refractivity contribution is 5.93. The number of halogens is 1. The zero-order chi connectivity index (χ0) is 18.8. The van der Waals surface area contributed by atoms with Crippen molar-refractivity contribution in [2.75, 3.05) is 40.4 Å². The molecular formula is C19H22ClN5O3. The number of carbonyl (C=O) groups excluding carboxylic acids is 1. The summed E-state index contributed by atoms with van der Waals surface area (Å²) in [5, 5.41) is 7.78. The molecule has 0 unspecified atom stereocenters. The number of nitrogens with one attached hydrogen (secondary N) is 1. The van der Waals surface area contributed by atoms with Gasteiger partial charge in [0.2, 0.25) is 0 Å². The van der Waals surface area contributed by atoms with Crippen molar-refractivity contribution in [1.82, 2.24) is 24.8 Å². The van der Waals surface area contributed by atoms with Crippen LogP contribution in [0.25, 0.3) is 16.9 Å². The van der Waals surface area contributed by atoms with E-state index < -0.39 is 0 Å². The number of fused-ring (bicyclic) bond motifs is 1. The van der Waals surface area contributed by atoms with Crippen LogP contribution in [0.1, 0.15) is 10.5 Å². The molecule has 0 atom stereocenters. The number of aromatic nitrogens is 3. The van der Waals surface area contributed by atoms with Gasteiger partial charge in [0.05, 0.1) is 19.9 Å². The molecule has 3 aromatic rings. The second-order valence-corrected chi connectivity index (χ2v) is 6.24. The van der Waals surface area contributed by atoms with Crippen LogP contribution < -0.4 is 14.8 Å². The molecule has 1 aliphatic rings. The maximum Gasteiger partial charge on any atom is 0.274 e. The summed E-state index contributed by atoms with van der Waals surface area (Å²) in [5.41, 5.74) is 2.74. The molecule has 8 nitrogen and oxygen atoms in total. The molecule has 0 aliphatic carbocycles. The van der Waals surface area contributed by atoms with Gasteiger partial charge in [-0.2, -0.15) is 5.10 Å². The van der Waals surface area contributed by atoms with Crippen LogP contribution in [0.3, 0.4) is 0 Å². The predicted molar refractivity (Wildman–Crippen MR) is 108 cm³/mol. The van der Waals surface area contributed by atoms with Crippen molar-refractivity contribution in [2.45, 2.75) is 0 Å². The van der Waals surface area contributed by atoms with E-state index in [-0.39, 0.29) is 18.3 Å². The second-order valence-electron chi connectivity index (χ2n) is 6.24. The number of hydrogen-bond acceptors (Lipinski definition) is 6. The van der Waals surface area contributed by atoms with E-state index in [1.54, 1.807) is 31.0 Å². The number of ether oxygens (including phenoxy) is 2. The Balaban J connectivity index is 0.00000225. The van der Waals surface area contributed by atoms with Gasteiger partial charge in [0.25, 0.3) is 5.91 Å². The molecule has 4 rings (SSSR count). The number of hydrogen-bond donors (Lipinski definition) is 1. The third-order valence-electron chi connectivity index (χ3n) is 4.66. The van der Waals surface area contributed by atoms with E-state index in [0.29, 0.717) is 35.9 Å². The molecular weight excluding hydrogens is 382 g/mol. The zero-order valence-corrected chi connectivity index (χ0v) is 16.5. The minimum absolute atomic E-state index is 0. The highest BCUT2D eigenvalue weighted by atomic mass is 35.5. The Hall–Kier alpha value is -2.84. The Morgan fingerprint density at radius 2 is 1.82 bits per heavy atom. The molecule has 0 bridgehead atoms. The van der Waals surface area contributed by atoms with Gasteiger partial charge in [0, 0.05) is 44.0 Å². The summed E-state index contributed by atoms with van der Waals surface area (Å²) < 4.78 is 12.4. The lowest BCUT2D eigenvalue weighted by atomic mass is 10.1. The molecule has 148 valence electrons. The lowest BCUT2D eigenvalue weighted by molar-refractivity contribution is 0.0729. The maximum atomic E-state index is 12.8. The summed E-state index contributed by atoms with van der Waals surface area (Å²) in [4.78, 5) is 18.9. The largest absolute Gasteiger partial charge is 0.493 e. The maximum absolute atomic E-state index is 12.8. The monoisotopic (exact) mass is 403 g/mol. The predicted octanol–water partition coefficient (Wildman–Crippen LogP) is 1.88. The Bertz CT molecular complexity index is 985. The number of piperazine rings is 1. The van der Waals surface area contributed by atoms with Gasteiger partial charge < -0.3 is 19.7 Å². The van der Waals surface area contributed by atoms with Crippen molar-refractivity contribution < 1.29 is 14.3 Å². The molecule has 0 saturated carbocycles. The van der Waals surface area contributed by atoms with Crippen molar-refractivity contribution in [1.29, 1.82) is 0 Å². The van der Waals surface area contributed by atoms with Crippen LogP contribution >= 0.6 is 12.4 Å². The van der Waals surface area contributed by atoms with Crippen molar-refractivity contribution in [2.24, 2.45) is 0 Å². The van der Waals surface area contributed by atoms with Gasteiger partial charge in [-0.1, -0.05) is 0 Å². The van der Waals surface area contributed by atoms with Crippen molar-refractivity contribution in [3.8, 4) is 22.8 Å². The van der Waals surface area contributed by atoms with E-state index in [1.807, 2.05) is 29.2 Å². The molecule has 1 N–H and O–H groups in total. The van der Waals surface area contributed by atoms with Gasteiger partial charge in [0.15, 0.2) is 22.8 Å². The average molecular weight is 404 g/mol. The minimum atomic E-state index is -0.0692. The number of amides is 1. The molecule has 2 aromatic heterocycles. The molecule has 1 aromatic carbocycles. The Morgan fingerprint density at radius 1 is 1.07 bits per heavy atom. The molecule has 9 heteroatoms. The first-order valence-corrected chi connectivity index (χ1v) is 8.78. The molecule has 1 fully saturated rings. The van der Waals surface area contributed by atoms with Crippen LogP contribution in [-0.2, 0) is 0 Å². The van der Waals surface area contributed by atoms with Gasteiger partial charge in [-0.3, -0.25) is 4.79 Å². The minimum Gasteiger partial charge on any atom is -0.493 e. The normalized spacial score (nSPS) is 13.9. The van der Waals surface area contributed by atoms with Crippen molar-refractivity contribution in [3.05, 3.63) is 42.2 Å². The summed E-state index contributed by atoms with van der Waals surface area (Å²) in [7, 11) is 3.20. The third-order valence-corrected chi connectivity index (χ3v) is 4.66. The molecule has 28 heavy (non-hydrogen) atoms. The van der Waals surface area contributed by atoms with E-state index in [9.17, 15) is 4.79 Å². The first-order chi connectivity index (χ1) is 13.2. The van der Waals surface area contributed by atoms with Crippen LogP contribution in [0.5, 0.6) is 11.5 Å². The number of carbonyl (C=O) groups is 1. The van der Waals surface area contributed by atoms with Crippen LogP contribution in [0.2, 0.25) is 0 Å². The fraction of sp³-hybridized carbons (Fsp3) is 0.316. The Labute approximate surface area is 168 Å². The summed E-state index contributed by atoms with van der Waals surface area (Å²) in [6.07, 6.45) is 1.71. The Kier molecular flexibility index (Phi) is 6.01. The van der Waals surface area contributed by atoms with Crippen LogP contribution in [0, 0.1) is 0 Å². The summed E-state index contributed by atoms with van der Waals surface area (Å²) in [5.74, 6) is 1.21. The lowest BCUT2D eigenvalue weighted by Crippen LogP contribution is -2.46. The van der Waals surface area contributed by atoms with Gasteiger partial charge >= 0.3 is 0 Å². The average Bonchev–Trinajstić information content (AvgIpc) is 3.17. The second kappa shape index (κ2) is 8.45.